The molecule has 0 N–H and O–H groups in total. The molecule has 0 heterocycles. The molecule has 2 nitrogen and oxygen atoms in total. The van der Waals surface area contributed by atoms with Crippen LogP contribution in [0.15, 0.2) is 70.2 Å². The van der Waals surface area contributed by atoms with Gasteiger partial charge in [0.2, 0.25) is 0 Å². The molecule has 2 aromatic rings. The lowest BCUT2D eigenvalue weighted by Crippen LogP contribution is -2.23. The molecule has 0 amide bonds. The second-order valence-electron chi connectivity index (χ2n) is 10.4. The van der Waals surface area contributed by atoms with E-state index in [2.05, 4.69) is 103 Å². The fourth-order valence-electron chi connectivity index (χ4n) is 4.26. The summed E-state index contributed by atoms with van der Waals surface area (Å²) in [7, 11) is 3.73. The number of aliphatic imine (C=N–C) groups is 2. The minimum atomic E-state index is 0.138. The molecule has 2 heteroatoms. The van der Waals surface area contributed by atoms with Crippen molar-refractivity contribution in [3.63, 3.8) is 0 Å². The Morgan fingerprint density at radius 3 is 1.66 bits per heavy atom. The summed E-state index contributed by atoms with van der Waals surface area (Å²) in [6.45, 7) is 15.8. The van der Waals surface area contributed by atoms with Crippen LogP contribution in [0.1, 0.15) is 77.1 Å². The molecule has 0 saturated carbocycles. The minimum Gasteiger partial charge on any atom is -0.286 e. The van der Waals surface area contributed by atoms with E-state index in [1.165, 1.54) is 33.4 Å². The predicted octanol–water partition coefficient (Wildman–Crippen LogP) is 7.68. The number of benzene rings is 2. The van der Waals surface area contributed by atoms with E-state index in [1.807, 2.05) is 14.1 Å². The zero-order chi connectivity index (χ0) is 23.7. The average Bonchev–Trinajstić information content (AvgIpc) is 2.77. The third kappa shape index (κ3) is 4.55. The van der Waals surface area contributed by atoms with Gasteiger partial charge in [0.15, 0.2) is 0 Å². The van der Waals surface area contributed by atoms with Crippen molar-refractivity contribution in [3.05, 3.63) is 82.4 Å². The molecule has 168 valence electrons. The van der Waals surface area contributed by atoms with Crippen LogP contribution in [0.5, 0.6) is 0 Å². The molecular weight excluding hydrogens is 388 g/mol. The first-order valence-corrected chi connectivity index (χ1v) is 11.6. The topological polar surface area (TPSA) is 24.7 Å². The third-order valence-corrected chi connectivity index (χ3v) is 6.82. The zero-order valence-electron chi connectivity index (χ0n) is 21.3. The molecule has 0 bridgehead atoms. The van der Waals surface area contributed by atoms with Crippen molar-refractivity contribution in [2.24, 2.45) is 9.98 Å². The van der Waals surface area contributed by atoms with Gasteiger partial charge in [-0.3, -0.25) is 9.98 Å². The lowest BCUT2D eigenvalue weighted by atomic mass is 9.79. The van der Waals surface area contributed by atoms with E-state index in [-0.39, 0.29) is 10.8 Å². The first-order valence-electron chi connectivity index (χ1n) is 11.6. The number of hydrogen-bond acceptors (Lipinski definition) is 2. The van der Waals surface area contributed by atoms with E-state index in [1.54, 1.807) is 0 Å². The SMILES string of the molecule is CCC(C)(C)c1ccc(C2=C(C)C=C(c3ccc(C(C)(C)C)cc3)C(=N/C)/C2=N\C)cc1. The van der Waals surface area contributed by atoms with Crippen molar-refractivity contribution < 1.29 is 0 Å². The monoisotopic (exact) mass is 426 g/mol. The molecule has 1 aliphatic carbocycles. The van der Waals surface area contributed by atoms with Crippen molar-refractivity contribution in [2.75, 3.05) is 14.1 Å². The van der Waals surface area contributed by atoms with Crippen LogP contribution < -0.4 is 0 Å². The van der Waals surface area contributed by atoms with Gasteiger partial charge in [-0.15, -0.1) is 0 Å². The number of allylic oxidation sites excluding steroid dienone is 4. The highest BCUT2D eigenvalue weighted by Crippen LogP contribution is 2.35. The Hall–Kier alpha value is -2.74. The van der Waals surface area contributed by atoms with Crippen LogP contribution in [0.25, 0.3) is 11.1 Å². The summed E-state index contributed by atoms with van der Waals surface area (Å²) in [6.07, 6.45) is 3.38. The normalized spacial score (nSPS) is 17.8. The van der Waals surface area contributed by atoms with Gasteiger partial charge in [-0.25, -0.2) is 0 Å². The number of nitrogens with zero attached hydrogens (tertiary/aromatic N) is 2. The van der Waals surface area contributed by atoms with Crippen LogP contribution in [-0.2, 0) is 10.8 Å². The van der Waals surface area contributed by atoms with Crippen molar-refractivity contribution >= 4 is 22.6 Å². The molecule has 1 aliphatic rings. The third-order valence-electron chi connectivity index (χ3n) is 6.82. The van der Waals surface area contributed by atoms with E-state index in [0.717, 1.165) is 23.4 Å². The Labute approximate surface area is 194 Å². The van der Waals surface area contributed by atoms with Crippen LogP contribution in [0, 0.1) is 0 Å². The van der Waals surface area contributed by atoms with Crippen LogP contribution >= 0.6 is 0 Å². The highest BCUT2D eigenvalue weighted by Gasteiger charge is 2.27. The lowest BCUT2D eigenvalue weighted by Gasteiger charge is -2.26. The van der Waals surface area contributed by atoms with Gasteiger partial charge < -0.3 is 0 Å². The molecule has 2 aromatic carbocycles. The molecular formula is C30H38N2. The summed E-state index contributed by atoms with van der Waals surface area (Å²) in [5.41, 5.74) is 10.8. The summed E-state index contributed by atoms with van der Waals surface area (Å²) in [4.78, 5) is 9.41. The quantitative estimate of drug-likeness (QED) is 0.448. The first-order chi connectivity index (χ1) is 15.0. The molecule has 32 heavy (non-hydrogen) atoms. The maximum absolute atomic E-state index is 4.72. The zero-order valence-corrected chi connectivity index (χ0v) is 21.3. The maximum atomic E-state index is 4.72. The minimum absolute atomic E-state index is 0.138. The standard InChI is InChI=1S/C30H38N2/c1-10-30(6,7)24-17-13-22(14-18-24)26-20(2)19-25(27(31-8)28(26)32-9)21-11-15-23(16-12-21)29(3,4)5/h11-19H,10H2,1-9H3/b31-27-,32-28-. The van der Waals surface area contributed by atoms with Gasteiger partial charge in [0.05, 0.1) is 11.4 Å². The molecule has 0 saturated heterocycles. The van der Waals surface area contributed by atoms with E-state index in [4.69, 9.17) is 9.98 Å². The van der Waals surface area contributed by atoms with Gasteiger partial charge >= 0.3 is 0 Å². The molecule has 0 aliphatic heterocycles. The summed E-state index contributed by atoms with van der Waals surface area (Å²) >= 11 is 0. The Morgan fingerprint density at radius 2 is 1.19 bits per heavy atom. The Kier molecular flexibility index (Phi) is 6.74. The fourth-order valence-corrected chi connectivity index (χ4v) is 4.26. The van der Waals surface area contributed by atoms with E-state index >= 15 is 0 Å². The van der Waals surface area contributed by atoms with Gasteiger partial charge in [0.1, 0.15) is 0 Å². The van der Waals surface area contributed by atoms with E-state index < -0.39 is 0 Å². The Morgan fingerprint density at radius 1 is 0.688 bits per heavy atom. The van der Waals surface area contributed by atoms with E-state index in [0.29, 0.717) is 0 Å². The van der Waals surface area contributed by atoms with Gasteiger partial charge in [0, 0.05) is 25.2 Å². The van der Waals surface area contributed by atoms with Crippen LogP contribution in [0.2, 0.25) is 0 Å². The summed E-state index contributed by atoms with van der Waals surface area (Å²) in [6, 6.07) is 17.9. The summed E-state index contributed by atoms with van der Waals surface area (Å²) < 4.78 is 0. The number of rotatable bonds is 4. The van der Waals surface area contributed by atoms with Crippen LogP contribution in [-0.4, -0.2) is 25.5 Å². The van der Waals surface area contributed by atoms with Gasteiger partial charge in [0.25, 0.3) is 0 Å². The van der Waals surface area contributed by atoms with Gasteiger partial charge in [-0.1, -0.05) is 90.1 Å². The van der Waals surface area contributed by atoms with Crippen LogP contribution in [0.4, 0.5) is 0 Å². The molecule has 0 spiro atoms. The first kappa shape index (κ1) is 23.9. The highest BCUT2D eigenvalue weighted by atomic mass is 14.8. The predicted molar refractivity (Wildman–Crippen MR) is 142 cm³/mol. The molecule has 0 aromatic heterocycles. The van der Waals surface area contributed by atoms with Crippen molar-refractivity contribution in [3.8, 4) is 0 Å². The van der Waals surface area contributed by atoms with Gasteiger partial charge in [-0.05, 0) is 58.1 Å². The Bertz CT molecular complexity index is 1100. The molecule has 0 unspecified atom stereocenters. The largest absolute Gasteiger partial charge is 0.286 e. The average molecular weight is 427 g/mol. The fraction of sp³-hybridized carbons (Fsp3) is 0.400. The second-order valence-corrected chi connectivity index (χ2v) is 10.4. The highest BCUT2D eigenvalue weighted by molar-refractivity contribution is 6.70. The molecule has 0 fully saturated rings. The van der Waals surface area contributed by atoms with E-state index in [9.17, 15) is 0 Å². The van der Waals surface area contributed by atoms with Crippen molar-refractivity contribution in [1.82, 2.24) is 0 Å². The lowest BCUT2D eigenvalue weighted by molar-refractivity contribution is 0.506. The molecule has 0 radical (unpaired) electrons. The van der Waals surface area contributed by atoms with Crippen LogP contribution in [0.3, 0.4) is 0 Å². The maximum Gasteiger partial charge on any atom is 0.0910 e. The molecule has 3 rings (SSSR count). The number of hydrogen-bond donors (Lipinski definition) is 0. The summed E-state index contributed by atoms with van der Waals surface area (Å²) in [5, 5.41) is 0. The van der Waals surface area contributed by atoms with Crippen molar-refractivity contribution in [1.29, 1.82) is 0 Å². The van der Waals surface area contributed by atoms with Crippen molar-refractivity contribution in [2.45, 2.75) is 65.7 Å². The summed E-state index contributed by atoms with van der Waals surface area (Å²) in [5.74, 6) is 0. The molecule has 0 atom stereocenters. The Balaban J connectivity index is 2.10. The second kappa shape index (κ2) is 9.02. The van der Waals surface area contributed by atoms with Gasteiger partial charge in [-0.2, -0.15) is 0 Å². The smallest absolute Gasteiger partial charge is 0.0910 e.